The molecule has 0 aliphatic rings. The molecule has 1 aromatic carbocycles. The van der Waals surface area contributed by atoms with Crippen molar-refractivity contribution in [2.45, 2.75) is 34.2 Å². The summed E-state index contributed by atoms with van der Waals surface area (Å²) < 4.78 is 16.8. The maximum Gasteiger partial charge on any atom is 0.178 e. The maximum absolute atomic E-state index is 13.6. The molecule has 0 fully saturated rings. The van der Waals surface area contributed by atoms with Gasteiger partial charge in [-0.15, -0.1) is 0 Å². The Kier molecular flexibility index (Phi) is 4.69. The molecule has 2 nitrogen and oxygen atoms in total. The highest BCUT2D eigenvalue weighted by atomic mass is 79.9. The molecule has 0 saturated heterocycles. The number of rotatable bonds is 4. The molecule has 0 bridgehead atoms. The summed E-state index contributed by atoms with van der Waals surface area (Å²) in [5, 5.41) is 0. The SMILES string of the molecule is CC(C)C(Cn1c(=S)[nH]c2cc(F)c(Br)cc21)C(C)C. The van der Waals surface area contributed by atoms with Crippen molar-refractivity contribution in [3.05, 3.63) is 27.2 Å². The fourth-order valence-corrected chi connectivity index (χ4v) is 3.35. The van der Waals surface area contributed by atoms with Gasteiger partial charge in [-0.2, -0.15) is 0 Å². The Morgan fingerprint density at radius 3 is 2.40 bits per heavy atom. The van der Waals surface area contributed by atoms with Gasteiger partial charge in [-0.3, -0.25) is 0 Å². The lowest BCUT2D eigenvalue weighted by atomic mass is 9.85. The van der Waals surface area contributed by atoms with Gasteiger partial charge in [0.15, 0.2) is 4.77 Å². The molecule has 0 unspecified atom stereocenters. The van der Waals surface area contributed by atoms with E-state index in [9.17, 15) is 4.39 Å². The average molecular weight is 359 g/mol. The van der Waals surface area contributed by atoms with E-state index in [1.807, 2.05) is 0 Å². The minimum Gasteiger partial charge on any atom is -0.330 e. The van der Waals surface area contributed by atoms with Gasteiger partial charge in [-0.25, -0.2) is 4.39 Å². The molecule has 0 aliphatic heterocycles. The number of hydrogen-bond acceptors (Lipinski definition) is 1. The largest absolute Gasteiger partial charge is 0.330 e. The van der Waals surface area contributed by atoms with Crippen LogP contribution in [0.2, 0.25) is 0 Å². The Bertz CT molecular complexity index is 664. The molecule has 0 amide bonds. The number of halogens is 2. The molecule has 1 N–H and O–H groups in total. The zero-order chi connectivity index (χ0) is 15.0. The Balaban J connectivity index is 2.51. The third-order valence-electron chi connectivity index (χ3n) is 3.92. The first-order valence-corrected chi connectivity index (χ1v) is 8.09. The second-order valence-electron chi connectivity index (χ2n) is 5.98. The molecule has 0 radical (unpaired) electrons. The predicted molar refractivity (Wildman–Crippen MR) is 87.9 cm³/mol. The predicted octanol–water partition coefficient (Wildman–Crippen LogP) is 5.53. The zero-order valence-corrected chi connectivity index (χ0v) is 14.6. The first kappa shape index (κ1) is 15.7. The highest BCUT2D eigenvalue weighted by molar-refractivity contribution is 9.10. The monoisotopic (exact) mass is 358 g/mol. The average Bonchev–Trinajstić information content (AvgIpc) is 2.61. The van der Waals surface area contributed by atoms with Crippen LogP contribution in [0.1, 0.15) is 27.7 Å². The summed E-state index contributed by atoms with van der Waals surface area (Å²) in [6.45, 7) is 9.79. The van der Waals surface area contributed by atoms with E-state index in [-0.39, 0.29) is 5.82 Å². The first-order valence-electron chi connectivity index (χ1n) is 6.88. The second-order valence-corrected chi connectivity index (χ2v) is 7.22. The molecule has 0 spiro atoms. The quantitative estimate of drug-likeness (QED) is 0.712. The summed E-state index contributed by atoms with van der Waals surface area (Å²) >= 11 is 8.65. The number of benzene rings is 1. The van der Waals surface area contributed by atoms with Gasteiger partial charge in [0.1, 0.15) is 5.82 Å². The molecule has 1 aromatic heterocycles. The van der Waals surface area contributed by atoms with Crippen LogP contribution in [-0.4, -0.2) is 9.55 Å². The molecular weight excluding hydrogens is 339 g/mol. The summed E-state index contributed by atoms with van der Waals surface area (Å²) in [7, 11) is 0. The Labute approximate surface area is 132 Å². The van der Waals surface area contributed by atoms with Gasteiger partial charge in [-0.1, -0.05) is 27.7 Å². The lowest BCUT2D eigenvalue weighted by Crippen LogP contribution is -2.21. The Morgan fingerprint density at radius 2 is 1.85 bits per heavy atom. The smallest absolute Gasteiger partial charge is 0.178 e. The molecule has 2 rings (SSSR count). The molecule has 2 aromatic rings. The number of H-pyrrole nitrogens is 1. The first-order chi connectivity index (χ1) is 9.31. The number of aromatic amines is 1. The summed E-state index contributed by atoms with van der Waals surface area (Å²) in [6.07, 6.45) is 0. The molecule has 0 aliphatic carbocycles. The van der Waals surface area contributed by atoms with Crippen molar-refractivity contribution in [2.24, 2.45) is 17.8 Å². The van der Waals surface area contributed by atoms with Crippen molar-refractivity contribution < 1.29 is 4.39 Å². The van der Waals surface area contributed by atoms with E-state index in [2.05, 4.69) is 53.2 Å². The van der Waals surface area contributed by atoms with Crippen LogP contribution in [0.25, 0.3) is 11.0 Å². The minimum atomic E-state index is -0.273. The highest BCUT2D eigenvalue weighted by Crippen LogP contribution is 2.27. The van der Waals surface area contributed by atoms with Gasteiger partial charge in [0.2, 0.25) is 0 Å². The number of hydrogen-bond donors (Lipinski definition) is 1. The summed E-state index contributed by atoms with van der Waals surface area (Å²) in [4.78, 5) is 3.10. The highest BCUT2D eigenvalue weighted by Gasteiger charge is 2.20. The standard InChI is InChI=1S/C15H20BrFN2S/c1-8(2)10(9(3)4)7-19-14-5-11(16)12(17)6-13(14)18-15(19)20/h5-6,8-10H,7H2,1-4H3,(H,18,20). The van der Waals surface area contributed by atoms with Crippen molar-refractivity contribution in [2.75, 3.05) is 0 Å². The lowest BCUT2D eigenvalue weighted by Gasteiger charge is -2.25. The van der Waals surface area contributed by atoms with Gasteiger partial charge in [-0.05, 0) is 52.0 Å². The van der Waals surface area contributed by atoms with Crippen LogP contribution >= 0.6 is 28.1 Å². The van der Waals surface area contributed by atoms with Gasteiger partial charge >= 0.3 is 0 Å². The van der Waals surface area contributed by atoms with Gasteiger partial charge < -0.3 is 9.55 Å². The van der Waals surface area contributed by atoms with Crippen molar-refractivity contribution >= 4 is 39.2 Å². The van der Waals surface area contributed by atoms with Gasteiger partial charge in [0, 0.05) is 12.6 Å². The maximum atomic E-state index is 13.6. The van der Waals surface area contributed by atoms with E-state index in [0.29, 0.717) is 27.0 Å². The second kappa shape index (κ2) is 5.98. The minimum absolute atomic E-state index is 0.273. The van der Waals surface area contributed by atoms with E-state index in [4.69, 9.17) is 12.2 Å². The van der Waals surface area contributed by atoms with Crippen molar-refractivity contribution in [1.82, 2.24) is 9.55 Å². The molecule has 5 heteroatoms. The topological polar surface area (TPSA) is 20.7 Å². The summed E-state index contributed by atoms with van der Waals surface area (Å²) in [5.74, 6) is 1.41. The number of aromatic nitrogens is 2. The third-order valence-corrected chi connectivity index (χ3v) is 4.85. The number of nitrogens with zero attached hydrogens (tertiary/aromatic N) is 1. The van der Waals surface area contributed by atoms with Gasteiger partial charge in [0.05, 0.1) is 15.5 Å². The van der Waals surface area contributed by atoms with Crippen LogP contribution in [0.4, 0.5) is 4.39 Å². The lowest BCUT2D eigenvalue weighted by molar-refractivity contribution is 0.253. The normalized spacial score (nSPS) is 12.2. The van der Waals surface area contributed by atoms with Crippen molar-refractivity contribution in [1.29, 1.82) is 0 Å². The van der Waals surface area contributed by atoms with Crippen LogP contribution in [0.5, 0.6) is 0 Å². The fraction of sp³-hybridized carbons (Fsp3) is 0.533. The van der Waals surface area contributed by atoms with Crippen LogP contribution in [0, 0.1) is 28.3 Å². The van der Waals surface area contributed by atoms with E-state index in [1.54, 1.807) is 6.07 Å². The number of fused-ring (bicyclic) bond motifs is 1. The van der Waals surface area contributed by atoms with Crippen LogP contribution in [-0.2, 0) is 6.54 Å². The van der Waals surface area contributed by atoms with E-state index in [0.717, 1.165) is 17.6 Å². The van der Waals surface area contributed by atoms with Crippen molar-refractivity contribution in [3.8, 4) is 0 Å². The van der Waals surface area contributed by atoms with E-state index >= 15 is 0 Å². The van der Waals surface area contributed by atoms with E-state index < -0.39 is 0 Å². The molecule has 0 saturated carbocycles. The van der Waals surface area contributed by atoms with Crippen LogP contribution < -0.4 is 0 Å². The number of imidazole rings is 1. The molecule has 1 heterocycles. The Morgan fingerprint density at radius 1 is 1.25 bits per heavy atom. The summed E-state index contributed by atoms with van der Waals surface area (Å²) in [6, 6.07) is 3.29. The summed E-state index contributed by atoms with van der Waals surface area (Å²) in [5.41, 5.74) is 1.71. The van der Waals surface area contributed by atoms with Crippen LogP contribution in [0.3, 0.4) is 0 Å². The molecular formula is C15H20BrFN2S. The van der Waals surface area contributed by atoms with E-state index in [1.165, 1.54) is 6.07 Å². The Hall–Kier alpha value is -0.680. The zero-order valence-electron chi connectivity index (χ0n) is 12.2. The molecule has 0 atom stereocenters. The molecule has 110 valence electrons. The third kappa shape index (κ3) is 2.98. The fourth-order valence-electron chi connectivity index (χ4n) is 2.74. The van der Waals surface area contributed by atoms with Crippen LogP contribution in [0.15, 0.2) is 16.6 Å². The van der Waals surface area contributed by atoms with Crippen molar-refractivity contribution in [3.63, 3.8) is 0 Å². The van der Waals surface area contributed by atoms with Gasteiger partial charge in [0.25, 0.3) is 0 Å². The molecule has 20 heavy (non-hydrogen) atoms. The number of nitrogens with one attached hydrogen (secondary N) is 1.